The van der Waals surface area contributed by atoms with Crippen LogP contribution in [0.5, 0.6) is 11.5 Å². The molecule has 2 aromatic carbocycles. The van der Waals surface area contributed by atoms with Gasteiger partial charge in [0, 0.05) is 36.1 Å². The monoisotopic (exact) mass is 452 g/mol. The highest BCUT2D eigenvalue weighted by Crippen LogP contribution is 2.32. The first kappa shape index (κ1) is 22.6. The summed E-state index contributed by atoms with van der Waals surface area (Å²) in [5.41, 5.74) is 2.09. The van der Waals surface area contributed by atoms with Gasteiger partial charge < -0.3 is 25.0 Å². The minimum atomic E-state index is -0.221. The van der Waals surface area contributed by atoms with Gasteiger partial charge in [-0.15, -0.1) is 0 Å². The summed E-state index contributed by atoms with van der Waals surface area (Å²) in [6.45, 7) is 4.30. The molecule has 0 spiro atoms. The third-order valence-corrected chi connectivity index (χ3v) is 5.54. The van der Waals surface area contributed by atoms with Crippen molar-refractivity contribution in [1.29, 1.82) is 0 Å². The number of ether oxygens (including phenoxy) is 2. The van der Waals surface area contributed by atoms with E-state index in [4.69, 9.17) is 9.47 Å². The number of anilines is 3. The minimum absolute atomic E-state index is 0.0777. The molecule has 2 heterocycles. The molecule has 4 rings (SSSR count). The summed E-state index contributed by atoms with van der Waals surface area (Å²) in [7, 11) is 0. The Balaban J connectivity index is 1.27. The van der Waals surface area contributed by atoms with Crippen LogP contribution in [0, 0.1) is 0 Å². The maximum atomic E-state index is 12.5. The molecule has 3 amide bonds. The molecule has 0 aliphatic carbocycles. The van der Waals surface area contributed by atoms with Gasteiger partial charge in [0.15, 0.2) is 11.5 Å². The summed E-state index contributed by atoms with van der Waals surface area (Å²) >= 11 is 0. The van der Waals surface area contributed by atoms with Crippen LogP contribution in [-0.2, 0) is 14.4 Å². The smallest absolute Gasteiger partial charge is 0.238 e. The van der Waals surface area contributed by atoms with E-state index in [1.165, 1.54) is 0 Å². The number of carbonyl (C=O) groups is 3. The van der Waals surface area contributed by atoms with Crippen LogP contribution < -0.4 is 25.0 Å². The number of nitrogens with one attached hydrogen (secondary N) is 2. The third-order valence-electron chi connectivity index (χ3n) is 5.54. The summed E-state index contributed by atoms with van der Waals surface area (Å²) in [6, 6.07) is 12.5. The largest absolute Gasteiger partial charge is 0.486 e. The zero-order valence-electron chi connectivity index (χ0n) is 18.6. The molecule has 9 heteroatoms. The number of benzene rings is 2. The van der Waals surface area contributed by atoms with E-state index in [0.717, 1.165) is 18.7 Å². The lowest BCUT2D eigenvalue weighted by Crippen LogP contribution is -2.38. The number of rotatable bonds is 8. The van der Waals surface area contributed by atoms with Crippen molar-refractivity contribution in [2.75, 3.05) is 54.9 Å². The van der Waals surface area contributed by atoms with E-state index in [9.17, 15) is 14.4 Å². The van der Waals surface area contributed by atoms with E-state index in [1.807, 2.05) is 19.1 Å². The van der Waals surface area contributed by atoms with Gasteiger partial charge in [0.1, 0.15) is 13.2 Å². The molecule has 2 aliphatic rings. The number of amides is 3. The van der Waals surface area contributed by atoms with Crippen molar-refractivity contribution < 1.29 is 23.9 Å². The number of likely N-dealkylation sites (N-methyl/N-ethyl adjacent to an activating group) is 1. The second kappa shape index (κ2) is 10.4. The maximum Gasteiger partial charge on any atom is 0.238 e. The fourth-order valence-electron chi connectivity index (χ4n) is 3.85. The molecular weight excluding hydrogens is 424 g/mol. The Kier molecular flexibility index (Phi) is 7.09. The Hall–Kier alpha value is -3.59. The highest BCUT2D eigenvalue weighted by Gasteiger charge is 2.21. The summed E-state index contributed by atoms with van der Waals surface area (Å²) in [4.78, 5) is 40.4. The van der Waals surface area contributed by atoms with Gasteiger partial charge >= 0.3 is 0 Å². The van der Waals surface area contributed by atoms with Crippen LogP contribution in [0.2, 0.25) is 0 Å². The van der Waals surface area contributed by atoms with Crippen LogP contribution in [0.3, 0.4) is 0 Å². The van der Waals surface area contributed by atoms with E-state index in [2.05, 4.69) is 10.6 Å². The predicted octanol–water partition coefficient (Wildman–Crippen LogP) is 2.48. The van der Waals surface area contributed by atoms with Crippen molar-refractivity contribution in [3.05, 3.63) is 42.5 Å². The molecule has 33 heavy (non-hydrogen) atoms. The van der Waals surface area contributed by atoms with Crippen molar-refractivity contribution in [2.45, 2.75) is 19.8 Å². The Bertz CT molecular complexity index is 1020. The predicted molar refractivity (Wildman–Crippen MR) is 125 cm³/mol. The SMILES string of the molecule is CCN(CC(=O)Nc1ccc(N2CCCC2=O)cc1)CC(=O)Nc1ccc2c(c1)OCCO2. The number of fused-ring (bicyclic) bond motifs is 1. The van der Waals surface area contributed by atoms with Crippen LogP contribution in [0.1, 0.15) is 19.8 Å². The summed E-state index contributed by atoms with van der Waals surface area (Å²) in [6.07, 6.45) is 1.44. The standard InChI is InChI=1S/C24H28N4O5/c1-2-27(16-23(30)26-18-7-10-20-21(14-18)33-13-12-32-20)15-22(29)25-17-5-8-19(9-6-17)28-11-3-4-24(28)31/h5-10,14H,2-4,11-13,15-16H2,1H3,(H,25,29)(H,26,30). The molecule has 0 atom stereocenters. The lowest BCUT2D eigenvalue weighted by atomic mass is 10.2. The second-order valence-electron chi connectivity index (χ2n) is 7.95. The Labute approximate surface area is 192 Å². The van der Waals surface area contributed by atoms with E-state index < -0.39 is 0 Å². The van der Waals surface area contributed by atoms with E-state index >= 15 is 0 Å². The van der Waals surface area contributed by atoms with Gasteiger partial charge in [-0.3, -0.25) is 19.3 Å². The number of hydrogen-bond donors (Lipinski definition) is 2. The normalized spacial score (nSPS) is 15.0. The molecule has 1 saturated heterocycles. The number of hydrogen-bond acceptors (Lipinski definition) is 6. The zero-order chi connectivity index (χ0) is 23.2. The van der Waals surface area contributed by atoms with Gasteiger partial charge in [-0.2, -0.15) is 0 Å². The first-order chi connectivity index (χ1) is 16.0. The van der Waals surface area contributed by atoms with Gasteiger partial charge in [0.25, 0.3) is 0 Å². The molecule has 2 N–H and O–H groups in total. The Morgan fingerprint density at radius 3 is 2.21 bits per heavy atom. The van der Waals surface area contributed by atoms with Crippen molar-refractivity contribution in [1.82, 2.24) is 4.90 Å². The van der Waals surface area contributed by atoms with E-state index in [-0.39, 0.29) is 30.8 Å². The first-order valence-corrected chi connectivity index (χ1v) is 11.1. The van der Waals surface area contributed by atoms with Gasteiger partial charge in [-0.05, 0) is 49.4 Å². The topological polar surface area (TPSA) is 100 Å². The van der Waals surface area contributed by atoms with E-state index in [1.54, 1.807) is 40.1 Å². The van der Waals surface area contributed by atoms with Crippen molar-refractivity contribution in [3.8, 4) is 11.5 Å². The highest BCUT2D eigenvalue weighted by atomic mass is 16.6. The summed E-state index contributed by atoms with van der Waals surface area (Å²) in [5, 5.41) is 5.68. The summed E-state index contributed by atoms with van der Waals surface area (Å²) in [5.74, 6) is 0.951. The molecule has 0 bridgehead atoms. The van der Waals surface area contributed by atoms with Crippen LogP contribution in [-0.4, -0.2) is 62.0 Å². The van der Waals surface area contributed by atoms with Gasteiger partial charge in [0.05, 0.1) is 13.1 Å². The van der Waals surface area contributed by atoms with Gasteiger partial charge in [0.2, 0.25) is 17.7 Å². The average molecular weight is 453 g/mol. The summed E-state index contributed by atoms with van der Waals surface area (Å²) < 4.78 is 11.0. The maximum absolute atomic E-state index is 12.5. The van der Waals surface area contributed by atoms with Crippen LogP contribution >= 0.6 is 0 Å². The lowest BCUT2D eigenvalue weighted by molar-refractivity contribution is -0.120. The molecular formula is C24H28N4O5. The fraction of sp³-hybridized carbons (Fsp3) is 0.375. The first-order valence-electron chi connectivity index (χ1n) is 11.1. The second-order valence-corrected chi connectivity index (χ2v) is 7.95. The molecule has 1 fully saturated rings. The molecule has 2 aromatic rings. The molecule has 174 valence electrons. The quantitative estimate of drug-likeness (QED) is 0.638. The highest BCUT2D eigenvalue weighted by molar-refractivity contribution is 5.97. The van der Waals surface area contributed by atoms with Crippen molar-refractivity contribution in [2.24, 2.45) is 0 Å². The van der Waals surface area contributed by atoms with Crippen LogP contribution in [0.4, 0.5) is 17.1 Å². The van der Waals surface area contributed by atoms with Gasteiger partial charge in [-0.1, -0.05) is 6.92 Å². The van der Waals surface area contributed by atoms with Crippen LogP contribution in [0.25, 0.3) is 0 Å². The number of carbonyl (C=O) groups excluding carboxylic acids is 3. The Morgan fingerprint density at radius 2 is 1.58 bits per heavy atom. The molecule has 0 saturated carbocycles. The van der Waals surface area contributed by atoms with Gasteiger partial charge in [-0.25, -0.2) is 0 Å². The third kappa shape index (κ3) is 5.81. The lowest BCUT2D eigenvalue weighted by Gasteiger charge is -2.21. The van der Waals surface area contributed by atoms with Crippen LogP contribution in [0.15, 0.2) is 42.5 Å². The fourth-order valence-corrected chi connectivity index (χ4v) is 3.85. The van der Waals surface area contributed by atoms with Crippen molar-refractivity contribution >= 4 is 34.8 Å². The number of nitrogens with zero attached hydrogens (tertiary/aromatic N) is 2. The minimum Gasteiger partial charge on any atom is -0.486 e. The molecule has 9 nitrogen and oxygen atoms in total. The molecule has 0 radical (unpaired) electrons. The van der Waals surface area contributed by atoms with E-state index in [0.29, 0.717) is 49.1 Å². The average Bonchev–Trinajstić information content (AvgIpc) is 3.24. The molecule has 0 aromatic heterocycles. The van der Waals surface area contributed by atoms with Crippen molar-refractivity contribution in [3.63, 3.8) is 0 Å². The molecule has 0 unspecified atom stereocenters. The Morgan fingerprint density at radius 1 is 0.939 bits per heavy atom. The molecule has 2 aliphatic heterocycles. The zero-order valence-corrected chi connectivity index (χ0v) is 18.6.